The van der Waals surface area contributed by atoms with Crippen molar-refractivity contribution in [1.29, 1.82) is 0 Å². The van der Waals surface area contributed by atoms with E-state index in [1.54, 1.807) is 36.4 Å². The average molecular weight is 389 g/mol. The largest absolute Gasteiger partial charge is 0.492 e. The predicted molar refractivity (Wildman–Crippen MR) is 114 cm³/mol. The lowest BCUT2D eigenvalue weighted by atomic mass is 10.1. The van der Waals surface area contributed by atoms with Gasteiger partial charge in [-0.05, 0) is 55.3 Å². The summed E-state index contributed by atoms with van der Waals surface area (Å²) >= 11 is 0. The highest BCUT2D eigenvalue weighted by atomic mass is 16.5. The van der Waals surface area contributed by atoms with E-state index in [0.717, 1.165) is 6.42 Å². The molecule has 6 nitrogen and oxygen atoms in total. The summed E-state index contributed by atoms with van der Waals surface area (Å²) in [5.41, 5.74) is 2.72. The average Bonchev–Trinajstić information content (AvgIpc) is 2.76. The Morgan fingerprint density at radius 3 is 2.14 bits per heavy atom. The number of rotatable bonds is 7. The summed E-state index contributed by atoms with van der Waals surface area (Å²) < 4.78 is 5.52. The maximum atomic E-state index is 12.6. The van der Waals surface area contributed by atoms with Gasteiger partial charge in [0.15, 0.2) is 0 Å². The normalized spacial score (nSPS) is 10.3. The zero-order chi connectivity index (χ0) is 20.6. The molecule has 1 heterocycles. The minimum Gasteiger partial charge on any atom is -0.492 e. The van der Waals surface area contributed by atoms with E-state index in [9.17, 15) is 9.59 Å². The molecule has 6 heteroatoms. The SMILES string of the molecule is CCOc1ccccc1NC(=O)c1cccc(C(=O)Nc2ccc(CC)cc2)n1. The van der Waals surface area contributed by atoms with Gasteiger partial charge in [-0.3, -0.25) is 9.59 Å². The van der Waals surface area contributed by atoms with Crippen LogP contribution in [0.25, 0.3) is 0 Å². The van der Waals surface area contributed by atoms with Crippen molar-refractivity contribution in [3.05, 3.63) is 83.7 Å². The Bertz CT molecular complexity index is 1000. The Morgan fingerprint density at radius 1 is 0.828 bits per heavy atom. The van der Waals surface area contributed by atoms with Gasteiger partial charge in [-0.1, -0.05) is 37.3 Å². The molecule has 29 heavy (non-hydrogen) atoms. The van der Waals surface area contributed by atoms with Crippen molar-refractivity contribution in [2.24, 2.45) is 0 Å². The van der Waals surface area contributed by atoms with Gasteiger partial charge in [0, 0.05) is 5.69 Å². The highest BCUT2D eigenvalue weighted by molar-refractivity contribution is 6.06. The van der Waals surface area contributed by atoms with Gasteiger partial charge in [-0.25, -0.2) is 4.98 Å². The Balaban J connectivity index is 1.73. The number of para-hydroxylation sites is 2. The first-order valence-corrected chi connectivity index (χ1v) is 9.51. The molecule has 2 aromatic carbocycles. The third-order valence-electron chi connectivity index (χ3n) is 4.27. The lowest BCUT2D eigenvalue weighted by molar-refractivity contribution is 0.101. The molecule has 148 valence electrons. The Hall–Kier alpha value is -3.67. The maximum Gasteiger partial charge on any atom is 0.274 e. The Morgan fingerprint density at radius 2 is 1.48 bits per heavy atom. The number of amides is 2. The smallest absolute Gasteiger partial charge is 0.274 e. The Labute approximate surface area is 169 Å². The van der Waals surface area contributed by atoms with Crippen LogP contribution in [-0.4, -0.2) is 23.4 Å². The molecule has 0 bridgehead atoms. The number of nitrogens with one attached hydrogen (secondary N) is 2. The van der Waals surface area contributed by atoms with Crippen LogP contribution in [0.15, 0.2) is 66.7 Å². The molecule has 2 amide bonds. The maximum absolute atomic E-state index is 12.6. The van der Waals surface area contributed by atoms with Gasteiger partial charge in [-0.2, -0.15) is 0 Å². The molecule has 0 unspecified atom stereocenters. The fourth-order valence-corrected chi connectivity index (χ4v) is 2.74. The number of carbonyl (C=O) groups excluding carboxylic acids is 2. The number of benzene rings is 2. The summed E-state index contributed by atoms with van der Waals surface area (Å²) in [6.07, 6.45) is 0.930. The molecule has 0 aliphatic heterocycles. The van der Waals surface area contributed by atoms with Gasteiger partial charge in [0.1, 0.15) is 17.1 Å². The van der Waals surface area contributed by atoms with Crippen LogP contribution < -0.4 is 15.4 Å². The highest BCUT2D eigenvalue weighted by Gasteiger charge is 2.14. The van der Waals surface area contributed by atoms with Gasteiger partial charge in [0.25, 0.3) is 11.8 Å². The number of aromatic nitrogens is 1. The number of nitrogens with zero attached hydrogens (tertiary/aromatic N) is 1. The van der Waals surface area contributed by atoms with Crippen molar-refractivity contribution in [3.63, 3.8) is 0 Å². The lowest BCUT2D eigenvalue weighted by Crippen LogP contribution is -2.18. The third-order valence-corrected chi connectivity index (χ3v) is 4.27. The number of aryl methyl sites for hydroxylation is 1. The van der Waals surface area contributed by atoms with Crippen LogP contribution in [0.4, 0.5) is 11.4 Å². The second kappa shape index (κ2) is 9.50. The molecule has 3 rings (SSSR count). The molecule has 2 N–H and O–H groups in total. The standard InChI is InChI=1S/C23H23N3O3/c1-3-16-12-14-17(15-13-16)24-22(27)19-9-7-10-20(25-19)23(28)26-18-8-5-6-11-21(18)29-4-2/h5-15H,3-4H2,1-2H3,(H,24,27)(H,26,28). The topological polar surface area (TPSA) is 80.3 Å². The fourth-order valence-electron chi connectivity index (χ4n) is 2.74. The molecule has 3 aromatic rings. The summed E-state index contributed by atoms with van der Waals surface area (Å²) in [5.74, 6) is -0.217. The minimum atomic E-state index is -0.417. The molecule has 0 saturated carbocycles. The monoisotopic (exact) mass is 389 g/mol. The molecule has 0 radical (unpaired) electrons. The first-order valence-electron chi connectivity index (χ1n) is 9.51. The summed E-state index contributed by atoms with van der Waals surface area (Å²) in [6, 6.07) is 19.5. The van der Waals surface area contributed by atoms with Crippen LogP contribution in [0.5, 0.6) is 5.75 Å². The number of ether oxygens (including phenoxy) is 1. The van der Waals surface area contributed by atoms with Crippen molar-refractivity contribution in [3.8, 4) is 5.75 Å². The van der Waals surface area contributed by atoms with E-state index in [4.69, 9.17) is 4.74 Å². The van der Waals surface area contributed by atoms with E-state index in [1.165, 1.54) is 5.56 Å². The first kappa shape index (κ1) is 20.1. The lowest BCUT2D eigenvalue weighted by Gasteiger charge is -2.11. The van der Waals surface area contributed by atoms with Gasteiger partial charge in [0.2, 0.25) is 0 Å². The van der Waals surface area contributed by atoms with E-state index < -0.39 is 5.91 Å². The quantitative estimate of drug-likeness (QED) is 0.621. The third kappa shape index (κ3) is 5.19. The van der Waals surface area contributed by atoms with Crippen LogP contribution in [0.1, 0.15) is 40.4 Å². The molecule has 1 aromatic heterocycles. The van der Waals surface area contributed by atoms with Gasteiger partial charge < -0.3 is 15.4 Å². The van der Waals surface area contributed by atoms with E-state index in [0.29, 0.717) is 23.7 Å². The first-order chi connectivity index (χ1) is 14.1. The number of carbonyl (C=O) groups is 2. The molecule has 0 aliphatic carbocycles. The summed E-state index contributed by atoms with van der Waals surface area (Å²) in [5, 5.41) is 5.58. The summed E-state index contributed by atoms with van der Waals surface area (Å²) in [4.78, 5) is 29.3. The zero-order valence-corrected chi connectivity index (χ0v) is 16.4. The van der Waals surface area contributed by atoms with Crippen molar-refractivity contribution in [1.82, 2.24) is 4.98 Å². The zero-order valence-electron chi connectivity index (χ0n) is 16.4. The van der Waals surface area contributed by atoms with Crippen LogP contribution in [-0.2, 0) is 6.42 Å². The van der Waals surface area contributed by atoms with E-state index in [1.807, 2.05) is 37.3 Å². The Kier molecular flexibility index (Phi) is 6.58. The van der Waals surface area contributed by atoms with Crippen molar-refractivity contribution in [2.45, 2.75) is 20.3 Å². The second-order valence-corrected chi connectivity index (χ2v) is 6.30. The molecule has 0 fully saturated rings. The molecule has 0 aliphatic rings. The molecular weight excluding hydrogens is 366 g/mol. The van der Waals surface area contributed by atoms with Crippen LogP contribution in [0.3, 0.4) is 0 Å². The van der Waals surface area contributed by atoms with Crippen LogP contribution in [0.2, 0.25) is 0 Å². The minimum absolute atomic E-state index is 0.144. The molecular formula is C23H23N3O3. The summed E-state index contributed by atoms with van der Waals surface area (Å²) in [6.45, 7) is 4.43. The highest BCUT2D eigenvalue weighted by Crippen LogP contribution is 2.24. The number of hydrogen-bond acceptors (Lipinski definition) is 4. The van der Waals surface area contributed by atoms with E-state index in [-0.39, 0.29) is 17.3 Å². The van der Waals surface area contributed by atoms with E-state index >= 15 is 0 Å². The van der Waals surface area contributed by atoms with Gasteiger partial charge >= 0.3 is 0 Å². The van der Waals surface area contributed by atoms with E-state index in [2.05, 4.69) is 22.5 Å². The van der Waals surface area contributed by atoms with Crippen LogP contribution in [0, 0.1) is 0 Å². The van der Waals surface area contributed by atoms with Gasteiger partial charge in [0.05, 0.1) is 12.3 Å². The number of hydrogen-bond donors (Lipinski definition) is 2. The predicted octanol–water partition coefficient (Wildman–Crippen LogP) is 4.55. The summed E-state index contributed by atoms with van der Waals surface area (Å²) in [7, 11) is 0. The van der Waals surface area contributed by atoms with Gasteiger partial charge in [-0.15, -0.1) is 0 Å². The van der Waals surface area contributed by atoms with Crippen molar-refractivity contribution < 1.29 is 14.3 Å². The second-order valence-electron chi connectivity index (χ2n) is 6.30. The van der Waals surface area contributed by atoms with Crippen molar-refractivity contribution in [2.75, 3.05) is 17.2 Å². The molecule has 0 atom stereocenters. The van der Waals surface area contributed by atoms with Crippen LogP contribution >= 0.6 is 0 Å². The fraction of sp³-hybridized carbons (Fsp3) is 0.174. The number of pyridine rings is 1. The molecule has 0 saturated heterocycles. The molecule has 0 spiro atoms. The number of anilines is 2. The van der Waals surface area contributed by atoms with Crippen molar-refractivity contribution >= 4 is 23.2 Å².